The van der Waals surface area contributed by atoms with Crippen molar-refractivity contribution in [2.24, 2.45) is 5.92 Å². The standard InChI is InChI=1S/C25H26ClN5O2S/c26-20-5-2-1-4-19(20)21-9-10-23(28-27-21)29-11-13-30(14-12-29)24(32)17-31(16-18-7-8-18)25(33)22-6-3-15-34-22/h1-6,9-10,15,18H,7-8,11-14,16-17H2. The number of rotatable bonds is 7. The summed E-state index contributed by atoms with van der Waals surface area (Å²) in [6.07, 6.45) is 2.27. The van der Waals surface area contributed by atoms with E-state index in [0.717, 1.165) is 29.9 Å². The van der Waals surface area contributed by atoms with Gasteiger partial charge in [-0.05, 0) is 48.4 Å². The number of benzene rings is 1. The molecule has 2 aliphatic rings. The van der Waals surface area contributed by atoms with Crippen LogP contribution in [-0.2, 0) is 4.79 Å². The van der Waals surface area contributed by atoms with E-state index < -0.39 is 0 Å². The third-order valence-electron chi connectivity index (χ3n) is 6.28. The van der Waals surface area contributed by atoms with E-state index in [1.807, 2.05) is 58.8 Å². The predicted molar refractivity (Wildman–Crippen MR) is 134 cm³/mol. The number of anilines is 1. The summed E-state index contributed by atoms with van der Waals surface area (Å²) in [6, 6.07) is 15.1. The highest BCUT2D eigenvalue weighted by Gasteiger charge is 2.31. The molecule has 2 aromatic heterocycles. The number of carbonyl (C=O) groups is 2. The van der Waals surface area contributed by atoms with Crippen LogP contribution in [0.3, 0.4) is 0 Å². The molecule has 5 rings (SSSR count). The van der Waals surface area contributed by atoms with Crippen LogP contribution in [0.1, 0.15) is 22.5 Å². The van der Waals surface area contributed by atoms with E-state index in [1.54, 1.807) is 4.90 Å². The Morgan fingerprint density at radius 3 is 2.44 bits per heavy atom. The van der Waals surface area contributed by atoms with E-state index in [4.69, 9.17) is 11.6 Å². The maximum atomic E-state index is 13.0. The number of thiophene rings is 1. The molecule has 3 aromatic rings. The highest BCUT2D eigenvalue weighted by Crippen LogP contribution is 2.30. The fraction of sp³-hybridized carbons (Fsp3) is 0.360. The van der Waals surface area contributed by atoms with Crippen molar-refractivity contribution in [3.8, 4) is 11.3 Å². The molecule has 0 atom stereocenters. The quantitative estimate of drug-likeness (QED) is 0.494. The molecule has 2 fully saturated rings. The number of hydrogen-bond donors (Lipinski definition) is 0. The summed E-state index contributed by atoms with van der Waals surface area (Å²) in [7, 11) is 0. The van der Waals surface area contributed by atoms with Gasteiger partial charge in [0.1, 0.15) is 6.54 Å². The predicted octanol–water partition coefficient (Wildman–Crippen LogP) is 4.06. The second kappa shape index (κ2) is 10.1. The lowest BCUT2D eigenvalue weighted by Gasteiger charge is -2.36. The highest BCUT2D eigenvalue weighted by atomic mass is 35.5. The molecule has 1 aliphatic carbocycles. The second-order valence-electron chi connectivity index (χ2n) is 8.73. The monoisotopic (exact) mass is 495 g/mol. The van der Waals surface area contributed by atoms with Crippen LogP contribution in [-0.4, -0.2) is 71.1 Å². The minimum absolute atomic E-state index is 0.00496. The Labute approximate surface area is 208 Å². The van der Waals surface area contributed by atoms with Gasteiger partial charge in [-0.25, -0.2) is 0 Å². The normalized spacial score (nSPS) is 15.9. The van der Waals surface area contributed by atoms with Gasteiger partial charge in [-0.2, -0.15) is 0 Å². The Kier molecular flexibility index (Phi) is 6.78. The molecule has 9 heteroatoms. The van der Waals surface area contributed by atoms with Crippen molar-refractivity contribution >= 4 is 40.6 Å². The first-order valence-corrected chi connectivity index (χ1v) is 12.8. The smallest absolute Gasteiger partial charge is 0.264 e. The first kappa shape index (κ1) is 22.8. The molecule has 2 amide bonds. The molecule has 3 heterocycles. The van der Waals surface area contributed by atoms with Crippen molar-refractivity contribution in [1.29, 1.82) is 0 Å². The van der Waals surface area contributed by atoms with Gasteiger partial charge in [-0.15, -0.1) is 21.5 Å². The fourth-order valence-electron chi connectivity index (χ4n) is 4.14. The van der Waals surface area contributed by atoms with Crippen molar-refractivity contribution in [2.45, 2.75) is 12.8 Å². The van der Waals surface area contributed by atoms with Crippen LogP contribution in [0.4, 0.5) is 5.82 Å². The average Bonchev–Trinajstić information content (AvgIpc) is 3.52. The lowest BCUT2D eigenvalue weighted by molar-refractivity contribution is -0.132. The molecular weight excluding hydrogens is 470 g/mol. The van der Waals surface area contributed by atoms with E-state index >= 15 is 0 Å². The molecule has 34 heavy (non-hydrogen) atoms. The number of piperazine rings is 1. The van der Waals surface area contributed by atoms with Crippen LogP contribution in [0.25, 0.3) is 11.3 Å². The van der Waals surface area contributed by atoms with E-state index in [0.29, 0.717) is 48.5 Å². The summed E-state index contributed by atoms with van der Waals surface area (Å²) in [4.78, 5) is 32.4. The molecule has 0 radical (unpaired) electrons. The lowest BCUT2D eigenvalue weighted by Crippen LogP contribution is -2.52. The lowest BCUT2D eigenvalue weighted by atomic mass is 10.1. The van der Waals surface area contributed by atoms with Gasteiger partial charge in [0.05, 0.1) is 15.6 Å². The van der Waals surface area contributed by atoms with Crippen LogP contribution < -0.4 is 4.90 Å². The van der Waals surface area contributed by atoms with Gasteiger partial charge in [0.15, 0.2) is 5.82 Å². The number of amides is 2. The highest BCUT2D eigenvalue weighted by molar-refractivity contribution is 7.12. The number of halogens is 1. The second-order valence-corrected chi connectivity index (χ2v) is 10.1. The van der Waals surface area contributed by atoms with Gasteiger partial charge in [0, 0.05) is 38.3 Å². The zero-order valence-corrected chi connectivity index (χ0v) is 20.3. The molecular formula is C25H26ClN5O2S. The third-order valence-corrected chi connectivity index (χ3v) is 7.46. The topological polar surface area (TPSA) is 69.6 Å². The van der Waals surface area contributed by atoms with Crippen molar-refractivity contribution < 1.29 is 9.59 Å². The molecule has 176 valence electrons. The summed E-state index contributed by atoms with van der Waals surface area (Å²) in [5.74, 6) is 1.28. The molecule has 0 N–H and O–H groups in total. The number of aromatic nitrogens is 2. The Bertz CT molecular complexity index is 1140. The first-order chi connectivity index (χ1) is 16.6. The van der Waals surface area contributed by atoms with Crippen molar-refractivity contribution in [1.82, 2.24) is 20.0 Å². The first-order valence-electron chi connectivity index (χ1n) is 11.5. The van der Waals surface area contributed by atoms with Crippen LogP contribution >= 0.6 is 22.9 Å². The Balaban J connectivity index is 1.18. The van der Waals surface area contributed by atoms with Crippen LogP contribution in [0.2, 0.25) is 5.02 Å². The molecule has 1 aliphatic heterocycles. The van der Waals surface area contributed by atoms with Gasteiger partial charge < -0.3 is 14.7 Å². The van der Waals surface area contributed by atoms with Crippen LogP contribution in [0.15, 0.2) is 53.9 Å². The van der Waals surface area contributed by atoms with Crippen molar-refractivity contribution in [3.05, 3.63) is 63.8 Å². The van der Waals surface area contributed by atoms with E-state index in [1.165, 1.54) is 11.3 Å². The maximum absolute atomic E-state index is 13.0. The molecule has 1 aromatic carbocycles. The number of nitrogens with zero attached hydrogens (tertiary/aromatic N) is 5. The van der Waals surface area contributed by atoms with E-state index in [9.17, 15) is 9.59 Å². The van der Waals surface area contributed by atoms with E-state index in [2.05, 4.69) is 15.1 Å². The van der Waals surface area contributed by atoms with Gasteiger partial charge in [0.2, 0.25) is 5.91 Å². The SMILES string of the molecule is O=C(CN(CC1CC1)C(=O)c1cccs1)N1CCN(c2ccc(-c3ccccc3Cl)nn2)CC1. The number of carbonyl (C=O) groups excluding carboxylic acids is 2. The van der Waals surface area contributed by atoms with Crippen LogP contribution in [0, 0.1) is 5.92 Å². The van der Waals surface area contributed by atoms with Gasteiger partial charge in [0.25, 0.3) is 5.91 Å². The maximum Gasteiger partial charge on any atom is 0.264 e. The van der Waals surface area contributed by atoms with Crippen LogP contribution in [0.5, 0.6) is 0 Å². The molecule has 1 saturated carbocycles. The summed E-state index contributed by atoms with van der Waals surface area (Å²) in [5.41, 5.74) is 1.58. The van der Waals surface area contributed by atoms with E-state index in [-0.39, 0.29) is 18.4 Å². The summed E-state index contributed by atoms with van der Waals surface area (Å²) < 4.78 is 0. The molecule has 0 spiro atoms. The molecule has 0 bridgehead atoms. The minimum atomic E-state index is -0.0391. The average molecular weight is 496 g/mol. The Hall–Kier alpha value is -2.97. The largest absolute Gasteiger partial charge is 0.352 e. The Morgan fingerprint density at radius 2 is 1.79 bits per heavy atom. The summed E-state index contributed by atoms with van der Waals surface area (Å²) >= 11 is 7.69. The molecule has 7 nitrogen and oxygen atoms in total. The molecule has 0 unspecified atom stereocenters. The summed E-state index contributed by atoms with van der Waals surface area (Å²) in [5, 5.41) is 11.3. The molecule has 1 saturated heterocycles. The van der Waals surface area contributed by atoms with Gasteiger partial charge >= 0.3 is 0 Å². The number of hydrogen-bond acceptors (Lipinski definition) is 6. The zero-order chi connectivity index (χ0) is 23.5. The Morgan fingerprint density at radius 1 is 1.00 bits per heavy atom. The third kappa shape index (κ3) is 5.23. The van der Waals surface area contributed by atoms with Crippen molar-refractivity contribution in [3.63, 3.8) is 0 Å². The van der Waals surface area contributed by atoms with Gasteiger partial charge in [-0.1, -0.05) is 35.9 Å². The zero-order valence-electron chi connectivity index (χ0n) is 18.8. The van der Waals surface area contributed by atoms with Gasteiger partial charge in [-0.3, -0.25) is 9.59 Å². The summed E-state index contributed by atoms with van der Waals surface area (Å²) in [6.45, 7) is 3.34. The fourth-order valence-corrected chi connectivity index (χ4v) is 5.07. The van der Waals surface area contributed by atoms with Crippen molar-refractivity contribution in [2.75, 3.05) is 44.2 Å². The minimum Gasteiger partial charge on any atom is -0.352 e.